The topological polar surface area (TPSA) is 116 Å². The SMILES string of the molecule is CNc1ncn([C@@H](C)C(=O)NC2C=CNC(c3cnc(C(F)(F)F)c(C)c3)=N2)c1O. The third-order valence-corrected chi connectivity index (χ3v) is 4.48. The Kier molecular flexibility index (Phi) is 5.67. The molecule has 0 radical (unpaired) electrons. The van der Waals surface area contributed by atoms with Gasteiger partial charge in [0.15, 0.2) is 5.82 Å². The Labute approximate surface area is 169 Å². The van der Waals surface area contributed by atoms with Gasteiger partial charge in [0.1, 0.15) is 30.1 Å². The number of nitrogens with zero attached hydrogens (tertiary/aromatic N) is 4. The van der Waals surface area contributed by atoms with E-state index in [9.17, 15) is 23.1 Å². The predicted molar refractivity (Wildman–Crippen MR) is 103 cm³/mol. The van der Waals surface area contributed by atoms with Gasteiger partial charge < -0.3 is 21.1 Å². The second-order valence-corrected chi connectivity index (χ2v) is 6.57. The zero-order valence-electron chi connectivity index (χ0n) is 16.3. The number of pyridine rings is 1. The van der Waals surface area contributed by atoms with E-state index in [0.29, 0.717) is 5.56 Å². The summed E-state index contributed by atoms with van der Waals surface area (Å²) in [7, 11) is 1.59. The van der Waals surface area contributed by atoms with Gasteiger partial charge in [-0.05, 0) is 31.6 Å². The normalized spacial score (nSPS) is 17.1. The molecule has 160 valence electrons. The summed E-state index contributed by atoms with van der Waals surface area (Å²) in [4.78, 5) is 24.3. The fraction of sp³-hybridized carbons (Fsp3) is 0.333. The van der Waals surface area contributed by atoms with Gasteiger partial charge in [-0.2, -0.15) is 13.2 Å². The van der Waals surface area contributed by atoms with E-state index >= 15 is 0 Å². The molecule has 0 bridgehead atoms. The zero-order valence-corrected chi connectivity index (χ0v) is 16.3. The first-order valence-electron chi connectivity index (χ1n) is 8.91. The summed E-state index contributed by atoms with van der Waals surface area (Å²) in [6.07, 6.45) is 0.209. The lowest BCUT2D eigenvalue weighted by atomic mass is 10.1. The Morgan fingerprint density at radius 2 is 2.10 bits per heavy atom. The molecule has 1 aliphatic heterocycles. The van der Waals surface area contributed by atoms with E-state index in [-0.39, 0.29) is 23.1 Å². The van der Waals surface area contributed by atoms with Crippen LogP contribution in [0, 0.1) is 6.92 Å². The largest absolute Gasteiger partial charge is 0.492 e. The van der Waals surface area contributed by atoms with Gasteiger partial charge in [-0.25, -0.2) is 9.98 Å². The van der Waals surface area contributed by atoms with Crippen LogP contribution in [-0.2, 0) is 11.0 Å². The van der Waals surface area contributed by atoms with Crippen LogP contribution in [0.25, 0.3) is 0 Å². The fourth-order valence-electron chi connectivity index (χ4n) is 2.88. The van der Waals surface area contributed by atoms with Gasteiger partial charge in [0.05, 0.1) is 0 Å². The highest BCUT2D eigenvalue weighted by Crippen LogP contribution is 2.30. The number of aryl methyl sites for hydroxylation is 1. The first-order valence-corrected chi connectivity index (χ1v) is 8.91. The Morgan fingerprint density at radius 3 is 2.70 bits per heavy atom. The number of anilines is 1. The molecular formula is C18H20F3N7O2. The van der Waals surface area contributed by atoms with Gasteiger partial charge in [0.25, 0.3) is 0 Å². The van der Waals surface area contributed by atoms with E-state index in [1.54, 1.807) is 20.0 Å². The van der Waals surface area contributed by atoms with E-state index in [1.807, 2.05) is 0 Å². The van der Waals surface area contributed by atoms with Gasteiger partial charge in [-0.3, -0.25) is 14.3 Å². The number of carbonyl (C=O) groups is 1. The molecule has 3 heterocycles. The number of aromatic nitrogens is 3. The number of halogens is 3. The van der Waals surface area contributed by atoms with Crippen molar-refractivity contribution >= 4 is 17.6 Å². The number of hydrogen-bond acceptors (Lipinski definition) is 7. The third-order valence-electron chi connectivity index (χ3n) is 4.48. The lowest BCUT2D eigenvalue weighted by Gasteiger charge is -2.21. The highest BCUT2D eigenvalue weighted by atomic mass is 19.4. The smallest absolute Gasteiger partial charge is 0.433 e. The Hall–Kier alpha value is -3.57. The number of rotatable bonds is 5. The molecule has 2 aromatic rings. The molecule has 2 atom stereocenters. The molecule has 4 N–H and O–H groups in total. The van der Waals surface area contributed by atoms with Crippen molar-refractivity contribution in [3.8, 4) is 5.88 Å². The molecule has 1 amide bonds. The molecule has 9 nitrogen and oxygen atoms in total. The van der Waals surface area contributed by atoms with Crippen molar-refractivity contribution in [2.24, 2.45) is 4.99 Å². The van der Waals surface area contributed by atoms with Gasteiger partial charge >= 0.3 is 6.18 Å². The Morgan fingerprint density at radius 1 is 1.37 bits per heavy atom. The van der Waals surface area contributed by atoms with Gasteiger partial charge in [0.2, 0.25) is 11.8 Å². The molecule has 0 spiro atoms. The summed E-state index contributed by atoms with van der Waals surface area (Å²) >= 11 is 0. The van der Waals surface area contributed by atoms with Crippen molar-refractivity contribution < 1.29 is 23.1 Å². The molecule has 0 aromatic carbocycles. The number of carbonyl (C=O) groups excluding carboxylic acids is 1. The van der Waals surface area contributed by atoms with Crippen LogP contribution in [0.4, 0.5) is 19.0 Å². The second kappa shape index (κ2) is 8.05. The van der Waals surface area contributed by atoms with E-state index in [4.69, 9.17) is 0 Å². The van der Waals surface area contributed by atoms with Crippen LogP contribution >= 0.6 is 0 Å². The number of amides is 1. The minimum atomic E-state index is -4.54. The molecular weight excluding hydrogens is 403 g/mol. The molecule has 3 rings (SSSR count). The Bertz CT molecular complexity index is 1010. The molecule has 0 saturated carbocycles. The van der Waals surface area contributed by atoms with Crippen molar-refractivity contribution in [1.82, 2.24) is 25.2 Å². The lowest BCUT2D eigenvalue weighted by molar-refractivity contribution is -0.141. The van der Waals surface area contributed by atoms with Crippen molar-refractivity contribution in [3.63, 3.8) is 0 Å². The average Bonchev–Trinajstić information content (AvgIpc) is 3.06. The van der Waals surface area contributed by atoms with Gasteiger partial charge in [0, 0.05) is 25.0 Å². The van der Waals surface area contributed by atoms with Crippen LogP contribution in [-0.4, -0.2) is 44.6 Å². The molecule has 2 aromatic heterocycles. The molecule has 12 heteroatoms. The number of nitrogens with one attached hydrogen (secondary N) is 3. The number of aliphatic imine (C=N–C) groups is 1. The van der Waals surface area contributed by atoms with Crippen molar-refractivity contribution in [2.75, 3.05) is 12.4 Å². The molecule has 0 aliphatic carbocycles. The van der Waals surface area contributed by atoms with Gasteiger partial charge in [-0.1, -0.05) is 0 Å². The van der Waals surface area contributed by atoms with Crippen LogP contribution in [0.3, 0.4) is 0 Å². The molecule has 1 unspecified atom stereocenters. The second-order valence-electron chi connectivity index (χ2n) is 6.57. The number of amidine groups is 1. The predicted octanol–water partition coefficient (Wildman–Crippen LogP) is 1.92. The molecule has 1 aliphatic rings. The third kappa shape index (κ3) is 4.21. The summed E-state index contributed by atoms with van der Waals surface area (Å²) < 4.78 is 40.0. The summed E-state index contributed by atoms with van der Waals surface area (Å²) in [5.74, 6) is -0.118. The summed E-state index contributed by atoms with van der Waals surface area (Å²) in [5.41, 5.74) is -0.648. The molecule has 30 heavy (non-hydrogen) atoms. The van der Waals surface area contributed by atoms with E-state index in [2.05, 4.69) is 30.9 Å². The Balaban J connectivity index is 1.75. The number of alkyl halides is 3. The standard InChI is InChI=1S/C18H20F3N7O2/c1-9-6-11(7-24-13(9)18(19,20)21)14-23-5-4-12(26-14)27-16(29)10(2)28-8-25-15(22-3)17(28)30/h4-8,10,12,22,30H,1-3H3,(H,23,26)(H,27,29)/t10-,12?/m0/s1. The number of aromatic hydroxyl groups is 1. The van der Waals surface area contributed by atoms with Crippen LogP contribution in [0.1, 0.15) is 29.8 Å². The first kappa shape index (κ1) is 21.1. The fourth-order valence-corrected chi connectivity index (χ4v) is 2.88. The maximum Gasteiger partial charge on any atom is 0.433 e. The van der Waals surface area contributed by atoms with Gasteiger partial charge in [-0.15, -0.1) is 0 Å². The summed E-state index contributed by atoms with van der Waals surface area (Å²) in [6, 6.07) is 0.544. The monoisotopic (exact) mass is 423 g/mol. The van der Waals surface area contributed by atoms with Crippen molar-refractivity contribution in [2.45, 2.75) is 32.2 Å². The quantitative estimate of drug-likeness (QED) is 0.584. The minimum Gasteiger partial charge on any atom is -0.492 e. The maximum atomic E-state index is 12.9. The first-order chi connectivity index (χ1) is 14.1. The average molecular weight is 423 g/mol. The van der Waals surface area contributed by atoms with Crippen LogP contribution in [0.15, 0.2) is 35.9 Å². The molecule has 0 saturated heterocycles. The van der Waals surface area contributed by atoms with E-state index < -0.39 is 30.0 Å². The highest BCUT2D eigenvalue weighted by molar-refractivity contribution is 6.00. The van der Waals surface area contributed by atoms with Crippen LogP contribution < -0.4 is 16.0 Å². The van der Waals surface area contributed by atoms with Crippen LogP contribution in [0.2, 0.25) is 0 Å². The van der Waals surface area contributed by atoms with Crippen molar-refractivity contribution in [1.29, 1.82) is 0 Å². The lowest BCUT2D eigenvalue weighted by Crippen LogP contribution is -2.40. The number of imidazole rings is 1. The van der Waals surface area contributed by atoms with Crippen LogP contribution in [0.5, 0.6) is 5.88 Å². The number of hydrogen-bond donors (Lipinski definition) is 4. The summed E-state index contributed by atoms with van der Waals surface area (Å²) in [5, 5.41) is 18.3. The van der Waals surface area contributed by atoms with Crippen molar-refractivity contribution in [3.05, 3.63) is 47.7 Å². The van der Waals surface area contributed by atoms with E-state index in [0.717, 1.165) is 6.20 Å². The molecule has 0 fully saturated rings. The van der Waals surface area contributed by atoms with E-state index in [1.165, 1.54) is 30.1 Å². The maximum absolute atomic E-state index is 12.9. The minimum absolute atomic E-state index is 0.0378. The zero-order chi connectivity index (χ0) is 22.1. The highest BCUT2D eigenvalue weighted by Gasteiger charge is 2.34. The summed E-state index contributed by atoms with van der Waals surface area (Å²) in [6.45, 7) is 2.89.